The number of rotatable bonds is 4. The van der Waals surface area contributed by atoms with E-state index in [2.05, 4.69) is 35.8 Å². The zero-order valence-electron chi connectivity index (χ0n) is 12.0. The number of aryl methyl sites for hydroxylation is 2. The fraction of sp³-hybridized carbons (Fsp3) is 0.312. The summed E-state index contributed by atoms with van der Waals surface area (Å²) in [7, 11) is 0. The number of carbonyl (C=O) groups excluding carboxylic acids is 1. The second-order valence-corrected chi connectivity index (χ2v) is 6.47. The molecule has 0 bridgehead atoms. The molecule has 1 amide bonds. The van der Waals surface area contributed by atoms with E-state index in [1.54, 1.807) is 0 Å². The highest BCUT2D eigenvalue weighted by molar-refractivity contribution is 7.12. The van der Waals surface area contributed by atoms with Crippen LogP contribution in [-0.2, 0) is 24.2 Å². The van der Waals surface area contributed by atoms with Crippen molar-refractivity contribution in [3.8, 4) is 0 Å². The molecule has 0 radical (unpaired) electrons. The van der Waals surface area contributed by atoms with Crippen molar-refractivity contribution < 1.29 is 4.79 Å². The van der Waals surface area contributed by atoms with Gasteiger partial charge < -0.3 is 16.4 Å². The van der Waals surface area contributed by atoms with Crippen LogP contribution in [0.1, 0.15) is 28.7 Å². The third-order valence-electron chi connectivity index (χ3n) is 3.69. The molecule has 0 unspecified atom stereocenters. The number of anilines is 3. The Morgan fingerprint density at radius 1 is 1.29 bits per heavy atom. The number of nitrogens with one attached hydrogen (secondary N) is 2. The van der Waals surface area contributed by atoms with Gasteiger partial charge in [-0.2, -0.15) is 0 Å². The lowest BCUT2D eigenvalue weighted by Crippen LogP contribution is -2.19. The molecular weight excluding hydrogens is 282 g/mol. The maximum Gasteiger partial charge on any atom is 0.224 e. The maximum absolute atomic E-state index is 11.4. The van der Waals surface area contributed by atoms with Gasteiger partial charge in [-0.05, 0) is 42.7 Å². The standard InChI is InChI=1S/C16H19N3OS/c1-2-11-4-5-12(21-11)9-18-15-7-10-3-6-16(20)19-14(10)8-13(15)17/h4-5,7-8,18H,2-3,6,9,17H2,1H3,(H,19,20). The van der Waals surface area contributed by atoms with Gasteiger partial charge in [-0.1, -0.05) is 6.92 Å². The Kier molecular flexibility index (Phi) is 3.84. The predicted octanol–water partition coefficient (Wildman–Crippen LogP) is 3.39. The van der Waals surface area contributed by atoms with Crippen molar-refractivity contribution in [2.24, 2.45) is 0 Å². The average molecular weight is 301 g/mol. The highest BCUT2D eigenvalue weighted by Gasteiger charge is 2.16. The van der Waals surface area contributed by atoms with Gasteiger partial charge in [0.05, 0.1) is 11.4 Å². The van der Waals surface area contributed by atoms with Gasteiger partial charge in [-0.3, -0.25) is 4.79 Å². The Balaban J connectivity index is 1.75. The Morgan fingerprint density at radius 3 is 2.86 bits per heavy atom. The van der Waals surface area contributed by atoms with Crippen molar-refractivity contribution in [2.75, 3.05) is 16.4 Å². The number of nitrogens with two attached hydrogens (primary N) is 1. The molecule has 21 heavy (non-hydrogen) atoms. The molecule has 0 saturated carbocycles. The zero-order chi connectivity index (χ0) is 14.8. The van der Waals surface area contributed by atoms with Crippen molar-refractivity contribution in [3.63, 3.8) is 0 Å². The first kappa shape index (κ1) is 13.9. The smallest absolute Gasteiger partial charge is 0.224 e. The summed E-state index contributed by atoms with van der Waals surface area (Å²) < 4.78 is 0. The minimum atomic E-state index is 0.0632. The van der Waals surface area contributed by atoms with Crippen LogP contribution in [0.5, 0.6) is 0 Å². The van der Waals surface area contributed by atoms with E-state index >= 15 is 0 Å². The Labute approximate surface area is 128 Å². The number of nitrogen functional groups attached to an aromatic ring is 1. The first-order chi connectivity index (χ1) is 10.2. The molecule has 0 atom stereocenters. The third-order valence-corrected chi connectivity index (χ3v) is 4.92. The number of hydrogen-bond acceptors (Lipinski definition) is 4. The van der Waals surface area contributed by atoms with E-state index < -0.39 is 0 Å². The number of benzene rings is 1. The zero-order valence-corrected chi connectivity index (χ0v) is 12.8. The summed E-state index contributed by atoms with van der Waals surface area (Å²) in [5.41, 5.74) is 9.68. The van der Waals surface area contributed by atoms with Crippen molar-refractivity contribution in [2.45, 2.75) is 32.7 Å². The number of thiophene rings is 1. The van der Waals surface area contributed by atoms with Crippen molar-refractivity contribution >= 4 is 34.3 Å². The van der Waals surface area contributed by atoms with Crippen LogP contribution in [0.25, 0.3) is 0 Å². The molecule has 1 aromatic carbocycles. The molecule has 0 fully saturated rings. The summed E-state index contributed by atoms with van der Waals surface area (Å²) in [6, 6.07) is 8.23. The van der Waals surface area contributed by atoms with Crippen LogP contribution in [0.3, 0.4) is 0 Å². The molecule has 0 spiro atoms. The SMILES string of the molecule is CCc1ccc(CNc2cc3c(cc2N)NC(=O)CC3)s1. The predicted molar refractivity (Wildman–Crippen MR) is 88.8 cm³/mol. The van der Waals surface area contributed by atoms with Crippen LogP contribution in [0.4, 0.5) is 17.1 Å². The number of amides is 1. The lowest BCUT2D eigenvalue weighted by molar-refractivity contribution is -0.116. The summed E-state index contributed by atoms with van der Waals surface area (Å²) >= 11 is 1.83. The molecule has 110 valence electrons. The molecule has 5 heteroatoms. The molecule has 1 aliphatic rings. The summed E-state index contributed by atoms with van der Waals surface area (Å²) in [5.74, 6) is 0.0632. The second kappa shape index (κ2) is 5.77. The molecule has 4 N–H and O–H groups in total. The summed E-state index contributed by atoms with van der Waals surface area (Å²) in [6.45, 7) is 2.94. The van der Waals surface area contributed by atoms with Gasteiger partial charge in [0.25, 0.3) is 0 Å². The molecule has 2 heterocycles. The average Bonchev–Trinajstić information content (AvgIpc) is 2.93. The Morgan fingerprint density at radius 2 is 2.10 bits per heavy atom. The minimum Gasteiger partial charge on any atom is -0.397 e. The fourth-order valence-electron chi connectivity index (χ4n) is 2.49. The van der Waals surface area contributed by atoms with Gasteiger partial charge >= 0.3 is 0 Å². The third kappa shape index (κ3) is 3.03. The van der Waals surface area contributed by atoms with Crippen LogP contribution in [0.15, 0.2) is 24.3 Å². The van der Waals surface area contributed by atoms with E-state index in [9.17, 15) is 4.79 Å². The topological polar surface area (TPSA) is 67.2 Å². The quantitative estimate of drug-likeness (QED) is 0.758. The molecule has 1 aliphatic heterocycles. The van der Waals surface area contributed by atoms with E-state index in [0.717, 1.165) is 36.3 Å². The summed E-state index contributed by atoms with van der Waals surface area (Å²) in [4.78, 5) is 14.1. The normalized spacial score (nSPS) is 13.7. The first-order valence-corrected chi connectivity index (χ1v) is 8.01. The van der Waals surface area contributed by atoms with Crippen LogP contribution in [0, 0.1) is 0 Å². The van der Waals surface area contributed by atoms with Crippen LogP contribution in [-0.4, -0.2) is 5.91 Å². The van der Waals surface area contributed by atoms with Gasteiger partial charge in [0.1, 0.15) is 0 Å². The molecular formula is C16H19N3OS. The molecule has 0 aliphatic carbocycles. The van der Waals surface area contributed by atoms with Gasteiger partial charge in [0.15, 0.2) is 0 Å². The van der Waals surface area contributed by atoms with E-state index in [-0.39, 0.29) is 5.91 Å². The highest BCUT2D eigenvalue weighted by Crippen LogP contribution is 2.31. The van der Waals surface area contributed by atoms with Gasteiger partial charge in [-0.15, -0.1) is 11.3 Å². The van der Waals surface area contributed by atoms with Crippen LogP contribution >= 0.6 is 11.3 Å². The molecule has 0 saturated heterocycles. The molecule has 1 aromatic heterocycles. The first-order valence-electron chi connectivity index (χ1n) is 7.19. The summed E-state index contributed by atoms with van der Waals surface area (Å²) in [5, 5.41) is 6.27. The van der Waals surface area contributed by atoms with E-state index in [4.69, 9.17) is 5.73 Å². The lowest BCUT2D eigenvalue weighted by atomic mass is 10.0. The van der Waals surface area contributed by atoms with Gasteiger partial charge in [-0.25, -0.2) is 0 Å². The number of hydrogen-bond donors (Lipinski definition) is 3. The Bertz CT molecular complexity index is 678. The second-order valence-electron chi connectivity index (χ2n) is 5.22. The number of fused-ring (bicyclic) bond motifs is 1. The highest BCUT2D eigenvalue weighted by atomic mass is 32.1. The monoisotopic (exact) mass is 301 g/mol. The van der Waals surface area contributed by atoms with Gasteiger partial charge in [0, 0.05) is 28.4 Å². The van der Waals surface area contributed by atoms with E-state index in [1.165, 1.54) is 9.75 Å². The molecule has 3 rings (SSSR count). The Hall–Kier alpha value is -2.01. The summed E-state index contributed by atoms with van der Waals surface area (Å²) in [6.07, 6.45) is 2.39. The lowest BCUT2D eigenvalue weighted by Gasteiger charge is -2.19. The van der Waals surface area contributed by atoms with Gasteiger partial charge in [0.2, 0.25) is 5.91 Å². The maximum atomic E-state index is 11.4. The largest absolute Gasteiger partial charge is 0.397 e. The van der Waals surface area contributed by atoms with Crippen LogP contribution < -0.4 is 16.4 Å². The fourth-order valence-corrected chi connectivity index (χ4v) is 3.39. The van der Waals surface area contributed by atoms with Crippen LogP contribution in [0.2, 0.25) is 0 Å². The van der Waals surface area contributed by atoms with E-state index in [0.29, 0.717) is 12.1 Å². The van der Waals surface area contributed by atoms with E-state index in [1.807, 2.05) is 17.4 Å². The minimum absolute atomic E-state index is 0.0632. The molecule has 4 nitrogen and oxygen atoms in total. The van der Waals surface area contributed by atoms with Crippen molar-refractivity contribution in [3.05, 3.63) is 39.6 Å². The van der Waals surface area contributed by atoms with Crippen molar-refractivity contribution in [1.29, 1.82) is 0 Å². The van der Waals surface area contributed by atoms with Crippen molar-refractivity contribution in [1.82, 2.24) is 0 Å². The number of carbonyl (C=O) groups is 1. The molecule has 2 aromatic rings.